The Hall–Kier alpha value is -0.810. The van der Waals surface area contributed by atoms with E-state index in [1.54, 1.807) is 4.90 Å². The quantitative estimate of drug-likeness (QED) is 0.634. The predicted octanol–water partition coefficient (Wildman–Crippen LogP) is -0.444. The first-order chi connectivity index (χ1) is 6.28. The maximum absolute atomic E-state index is 11.3. The van der Waals surface area contributed by atoms with Gasteiger partial charge in [0.25, 0.3) is 0 Å². The highest BCUT2D eigenvalue weighted by Gasteiger charge is 2.44. The molecule has 5 heteroatoms. The number of nitrogens with two attached hydrogens (primary N) is 1. The minimum atomic E-state index is -0.298. The van der Waals surface area contributed by atoms with Gasteiger partial charge >= 0.3 is 6.09 Å². The van der Waals surface area contributed by atoms with Crippen LogP contribution in [0.1, 0.15) is 6.42 Å². The minimum absolute atomic E-state index is 0.254. The number of hydrogen-bond donors (Lipinski definition) is 1. The molecular weight excluding hydrogens is 172 g/mol. The highest BCUT2D eigenvalue weighted by molar-refractivity contribution is 5.70. The molecule has 2 aliphatic rings. The molecule has 0 saturated carbocycles. The van der Waals surface area contributed by atoms with Crippen molar-refractivity contribution in [2.45, 2.75) is 12.0 Å². The van der Waals surface area contributed by atoms with Crippen LogP contribution in [0.25, 0.3) is 0 Å². The van der Waals surface area contributed by atoms with Gasteiger partial charge in [-0.15, -0.1) is 0 Å². The van der Waals surface area contributed by atoms with E-state index in [0.717, 1.165) is 6.42 Å². The van der Waals surface area contributed by atoms with Gasteiger partial charge in [0.05, 0.1) is 18.7 Å². The van der Waals surface area contributed by atoms with Gasteiger partial charge in [0.15, 0.2) is 0 Å². The highest BCUT2D eigenvalue weighted by atomic mass is 16.6. The van der Waals surface area contributed by atoms with E-state index in [0.29, 0.717) is 32.9 Å². The van der Waals surface area contributed by atoms with E-state index < -0.39 is 0 Å². The fourth-order valence-electron chi connectivity index (χ4n) is 1.90. The van der Waals surface area contributed by atoms with Crippen LogP contribution in [-0.4, -0.2) is 49.4 Å². The molecule has 0 aromatic rings. The lowest BCUT2D eigenvalue weighted by molar-refractivity contribution is 0.0946. The number of ether oxygens (including phenoxy) is 2. The van der Waals surface area contributed by atoms with Crippen molar-refractivity contribution >= 4 is 6.09 Å². The third kappa shape index (κ3) is 1.28. The van der Waals surface area contributed by atoms with E-state index in [4.69, 9.17) is 15.2 Å². The molecular formula is C8H14N2O3. The monoisotopic (exact) mass is 186 g/mol. The van der Waals surface area contributed by atoms with E-state index in [-0.39, 0.29) is 11.6 Å². The van der Waals surface area contributed by atoms with Gasteiger partial charge in [-0.05, 0) is 6.42 Å². The van der Waals surface area contributed by atoms with Gasteiger partial charge in [-0.3, -0.25) is 4.90 Å². The summed E-state index contributed by atoms with van der Waals surface area (Å²) in [5, 5.41) is 0. The summed E-state index contributed by atoms with van der Waals surface area (Å²) in [6.07, 6.45) is 0.564. The van der Waals surface area contributed by atoms with Crippen LogP contribution < -0.4 is 5.73 Å². The number of amides is 1. The van der Waals surface area contributed by atoms with Crippen LogP contribution in [0, 0.1) is 0 Å². The third-order valence-corrected chi connectivity index (χ3v) is 2.80. The van der Waals surface area contributed by atoms with Crippen LogP contribution in [0.3, 0.4) is 0 Å². The van der Waals surface area contributed by atoms with Crippen molar-refractivity contribution in [1.29, 1.82) is 0 Å². The summed E-state index contributed by atoms with van der Waals surface area (Å²) in [5.41, 5.74) is 5.38. The molecule has 0 spiro atoms. The average molecular weight is 186 g/mol. The second kappa shape index (κ2) is 3.16. The first kappa shape index (κ1) is 8.77. The fourth-order valence-corrected chi connectivity index (χ4v) is 1.90. The van der Waals surface area contributed by atoms with Crippen LogP contribution in [0.4, 0.5) is 4.79 Å². The lowest BCUT2D eigenvalue weighted by Crippen LogP contribution is -2.54. The molecule has 0 aliphatic carbocycles. The molecule has 2 heterocycles. The number of hydrogen-bond acceptors (Lipinski definition) is 4. The van der Waals surface area contributed by atoms with Crippen molar-refractivity contribution in [1.82, 2.24) is 4.90 Å². The second-order valence-corrected chi connectivity index (χ2v) is 3.50. The lowest BCUT2D eigenvalue weighted by Gasteiger charge is -2.34. The maximum atomic E-state index is 11.3. The molecule has 1 unspecified atom stereocenters. The van der Waals surface area contributed by atoms with E-state index in [9.17, 15) is 4.79 Å². The van der Waals surface area contributed by atoms with E-state index in [2.05, 4.69) is 0 Å². The molecule has 0 bridgehead atoms. The van der Waals surface area contributed by atoms with Gasteiger partial charge < -0.3 is 15.2 Å². The molecule has 5 nitrogen and oxygen atoms in total. The maximum Gasteiger partial charge on any atom is 0.410 e. The van der Waals surface area contributed by atoms with E-state index >= 15 is 0 Å². The summed E-state index contributed by atoms with van der Waals surface area (Å²) in [7, 11) is 0. The minimum Gasteiger partial charge on any atom is -0.448 e. The molecule has 1 atom stereocenters. The Labute approximate surface area is 76.8 Å². The van der Waals surface area contributed by atoms with Crippen molar-refractivity contribution < 1.29 is 14.3 Å². The summed E-state index contributed by atoms with van der Waals surface area (Å²) in [5.74, 6) is 0. The first-order valence-electron chi connectivity index (χ1n) is 4.51. The molecule has 13 heavy (non-hydrogen) atoms. The average Bonchev–Trinajstić information content (AvgIpc) is 2.73. The van der Waals surface area contributed by atoms with Crippen molar-refractivity contribution in [3.63, 3.8) is 0 Å². The van der Waals surface area contributed by atoms with Gasteiger partial charge in [-0.2, -0.15) is 0 Å². The molecule has 2 N–H and O–H groups in total. The Kier molecular flexibility index (Phi) is 2.13. The number of carbonyl (C=O) groups excluding carboxylic acids is 1. The number of nitrogens with zero attached hydrogens (tertiary/aromatic N) is 1. The molecule has 1 amide bonds. The number of carbonyl (C=O) groups is 1. The van der Waals surface area contributed by atoms with Crippen LogP contribution in [0.15, 0.2) is 0 Å². The predicted molar refractivity (Wildman–Crippen MR) is 45.3 cm³/mol. The van der Waals surface area contributed by atoms with Crippen LogP contribution in [-0.2, 0) is 9.47 Å². The smallest absolute Gasteiger partial charge is 0.410 e. The standard InChI is InChI=1S/C8H14N2O3/c9-5-8(1-3-12-6-8)10-2-4-13-7(10)11/h1-6,9H2. The summed E-state index contributed by atoms with van der Waals surface area (Å²) in [6.45, 7) is 2.78. The van der Waals surface area contributed by atoms with Crippen molar-refractivity contribution in [3.8, 4) is 0 Å². The Bertz CT molecular complexity index is 213. The van der Waals surface area contributed by atoms with Crippen LogP contribution in [0.2, 0.25) is 0 Å². The Morgan fingerprint density at radius 3 is 2.85 bits per heavy atom. The normalized spacial score (nSPS) is 33.9. The SMILES string of the molecule is NCC1(N2CCOC2=O)CCOC1. The zero-order chi connectivity index (χ0) is 9.31. The van der Waals surface area contributed by atoms with Crippen molar-refractivity contribution in [2.75, 3.05) is 32.9 Å². The molecule has 0 radical (unpaired) electrons. The van der Waals surface area contributed by atoms with Gasteiger partial charge in [0.2, 0.25) is 0 Å². The van der Waals surface area contributed by atoms with Crippen molar-refractivity contribution in [3.05, 3.63) is 0 Å². The zero-order valence-electron chi connectivity index (χ0n) is 7.49. The molecule has 2 fully saturated rings. The third-order valence-electron chi connectivity index (χ3n) is 2.80. The molecule has 74 valence electrons. The van der Waals surface area contributed by atoms with E-state index in [1.807, 2.05) is 0 Å². The molecule has 2 rings (SSSR count). The van der Waals surface area contributed by atoms with Gasteiger partial charge in [0, 0.05) is 13.2 Å². The summed E-state index contributed by atoms with van der Waals surface area (Å²) < 4.78 is 10.2. The molecule has 0 aromatic heterocycles. The summed E-state index contributed by atoms with van der Waals surface area (Å²) >= 11 is 0. The fraction of sp³-hybridized carbons (Fsp3) is 0.875. The summed E-state index contributed by atoms with van der Waals surface area (Å²) in [4.78, 5) is 13.0. The van der Waals surface area contributed by atoms with Crippen LogP contribution in [0.5, 0.6) is 0 Å². The first-order valence-corrected chi connectivity index (χ1v) is 4.51. The largest absolute Gasteiger partial charge is 0.448 e. The van der Waals surface area contributed by atoms with Gasteiger partial charge in [-0.1, -0.05) is 0 Å². The van der Waals surface area contributed by atoms with Gasteiger partial charge in [0.1, 0.15) is 6.61 Å². The lowest BCUT2D eigenvalue weighted by atomic mass is 9.97. The second-order valence-electron chi connectivity index (χ2n) is 3.50. The Balaban J connectivity index is 2.15. The van der Waals surface area contributed by atoms with Gasteiger partial charge in [-0.25, -0.2) is 4.79 Å². The van der Waals surface area contributed by atoms with Crippen LogP contribution >= 0.6 is 0 Å². The summed E-state index contributed by atoms with van der Waals surface area (Å²) in [6, 6.07) is 0. The van der Waals surface area contributed by atoms with Crippen molar-refractivity contribution in [2.24, 2.45) is 5.73 Å². The van der Waals surface area contributed by atoms with E-state index in [1.165, 1.54) is 0 Å². The Morgan fingerprint density at radius 2 is 2.38 bits per heavy atom. The topological polar surface area (TPSA) is 64.8 Å². The zero-order valence-corrected chi connectivity index (χ0v) is 7.49. The number of cyclic esters (lactones) is 1. The molecule has 0 aromatic carbocycles. The Morgan fingerprint density at radius 1 is 1.54 bits per heavy atom. The highest BCUT2D eigenvalue weighted by Crippen LogP contribution is 2.27. The number of rotatable bonds is 2. The molecule has 2 aliphatic heterocycles. The molecule has 2 saturated heterocycles.